The third-order valence-electron chi connectivity index (χ3n) is 3.76. The van der Waals surface area contributed by atoms with Crippen molar-refractivity contribution in [3.8, 4) is 0 Å². The van der Waals surface area contributed by atoms with Crippen LogP contribution in [0.3, 0.4) is 0 Å². The maximum absolute atomic E-state index is 5.76. The number of aromatic nitrogens is 2. The van der Waals surface area contributed by atoms with Gasteiger partial charge in [-0.15, -0.1) is 0 Å². The lowest BCUT2D eigenvalue weighted by molar-refractivity contribution is 0.121. The first-order valence-corrected chi connectivity index (χ1v) is 7.50. The zero-order valence-corrected chi connectivity index (χ0v) is 12.2. The Hall–Kier alpha value is -1.78. The summed E-state index contributed by atoms with van der Waals surface area (Å²) in [4.78, 5) is 11.3. The number of pyridine rings is 2. The summed E-state index contributed by atoms with van der Waals surface area (Å²) in [6, 6.07) is 12.2. The predicted molar refractivity (Wildman–Crippen MR) is 81.8 cm³/mol. The minimum absolute atomic E-state index is 0.492. The molecule has 21 heavy (non-hydrogen) atoms. The minimum atomic E-state index is 0.492. The smallest absolute Gasteiger partial charge is 0.0593 e. The molecule has 0 aliphatic carbocycles. The van der Waals surface area contributed by atoms with Crippen LogP contribution >= 0.6 is 0 Å². The molecule has 1 aliphatic heterocycles. The fourth-order valence-corrected chi connectivity index (χ4v) is 2.76. The van der Waals surface area contributed by atoms with Gasteiger partial charge in [0.15, 0.2) is 0 Å². The van der Waals surface area contributed by atoms with Gasteiger partial charge < -0.3 is 4.74 Å². The van der Waals surface area contributed by atoms with Crippen molar-refractivity contribution in [3.63, 3.8) is 0 Å². The van der Waals surface area contributed by atoms with E-state index < -0.39 is 0 Å². The molecule has 0 radical (unpaired) electrons. The van der Waals surface area contributed by atoms with Crippen LogP contribution in [-0.4, -0.2) is 41.2 Å². The van der Waals surface area contributed by atoms with E-state index in [1.807, 2.05) is 36.7 Å². The van der Waals surface area contributed by atoms with Crippen LogP contribution in [0.15, 0.2) is 48.8 Å². The van der Waals surface area contributed by atoms with Crippen LogP contribution in [0.25, 0.3) is 0 Å². The molecule has 2 aromatic heterocycles. The second-order valence-electron chi connectivity index (χ2n) is 5.52. The summed E-state index contributed by atoms with van der Waals surface area (Å²) in [6.07, 6.45) is 4.69. The van der Waals surface area contributed by atoms with E-state index in [4.69, 9.17) is 4.74 Å². The molecular weight excluding hydrogens is 262 g/mol. The number of ether oxygens (including phenoxy) is 1. The molecule has 3 heterocycles. The van der Waals surface area contributed by atoms with Crippen LogP contribution in [0.4, 0.5) is 0 Å². The van der Waals surface area contributed by atoms with Crippen LogP contribution in [-0.2, 0) is 17.7 Å². The molecule has 4 nitrogen and oxygen atoms in total. The Labute approximate surface area is 125 Å². The fraction of sp³-hybridized carbons (Fsp3) is 0.412. The first kappa shape index (κ1) is 14.2. The number of hydrogen-bond acceptors (Lipinski definition) is 4. The highest BCUT2D eigenvalue weighted by atomic mass is 16.5. The summed E-state index contributed by atoms with van der Waals surface area (Å²) >= 11 is 0. The topological polar surface area (TPSA) is 38.2 Å². The van der Waals surface area contributed by atoms with Crippen LogP contribution < -0.4 is 0 Å². The molecule has 0 spiro atoms. The minimum Gasteiger partial charge on any atom is -0.380 e. The third-order valence-corrected chi connectivity index (χ3v) is 3.76. The molecular formula is C17H21N3O. The molecule has 0 saturated carbocycles. The van der Waals surface area contributed by atoms with Gasteiger partial charge in [0.2, 0.25) is 0 Å². The Kier molecular flexibility index (Phi) is 4.92. The van der Waals surface area contributed by atoms with Crippen molar-refractivity contribution in [2.75, 3.05) is 26.3 Å². The normalized spacial score (nSPS) is 20.1. The van der Waals surface area contributed by atoms with E-state index in [-0.39, 0.29) is 0 Å². The van der Waals surface area contributed by atoms with Crippen molar-refractivity contribution in [1.82, 2.24) is 14.9 Å². The quantitative estimate of drug-likeness (QED) is 0.862. The van der Waals surface area contributed by atoms with E-state index in [1.54, 1.807) is 0 Å². The van der Waals surface area contributed by atoms with E-state index in [1.165, 1.54) is 0 Å². The molecule has 0 unspecified atom stereocenters. The number of rotatable bonds is 4. The second-order valence-corrected chi connectivity index (χ2v) is 5.52. The van der Waals surface area contributed by atoms with Crippen molar-refractivity contribution >= 4 is 0 Å². The fourth-order valence-electron chi connectivity index (χ4n) is 2.76. The maximum atomic E-state index is 5.76. The molecule has 1 saturated heterocycles. The second kappa shape index (κ2) is 7.29. The molecule has 1 fully saturated rings. The van der Waals surface area contributed by atoms with Crippen molar-refractivity contribution in [2.45, 2.75) is 13.0 Å². The molecule has 1 aliphatic rings. The van der Waals surface area contributed by atoms with Crippen molar-refractivity contribution in [1.29, 1.82) is 0 Å². The molecule has 0 aromatic carbocycles. The van der Waals surface area contributed by atoms with E-state index >= 15 is 0 Å². The largest absolute Gasteiger partial charge is 0.380 e. The van der Waals surface area contributed by atoms with Gasteiger partial charge in [0.25, 0.3) is 0 Å². The van der Waals surface area contributed by atoms with E-state index in [2.05, 4.69) is 27.0 Å². The van der Waals surface area contributed by atoms with Gasteiger partial charge in [0.1, 0.15) is 0 Å². The lowest BCUT2D eigenvalue weighted by Gasteiger charge is -2.22. The van der Waals surface area contributed by atoms with Crippen LogP contribution in [0.1, 0.15) is 11.4 Å². The molecule has 0 bridgehead atoms. The van der Waals surface area contributed by atoms with Crippen LogP contribution in [0.2, 0.25) is 0 Å². The molecule has 1 atom stereocenters. The van der Waals surface area contributed by atoms with Gasteiger partial charge in [-0.2, -0.15) is 0 Å². The summed E-state index contributed by atoms with van der Waals surface area (Å²) in [5, 5.41) is 0. The van der Waals surface area contributed by atoms with E-state index in [9.17, 15) is 0 Å². The lowest BCUT2D eigenvalue weighted by Crippen LogP contribution is -2.30. The van der Waals surface area contributed by atoms with Gasteiger partial charge in [-0.3, -0.25) is 14.9 Å². The summed E-state index contributed by atoms with van der Waals surface area (Å²) < 4.78 is 5.76. The standard InChI is InChI=1S/C17H21N3O/c1-3-7-18-16(5-1)11-15-12-20(9-10-21-14-15)13-17-6-2-4-8-19-17/h1-8,15H,9-14H2/t15-/m0/s1. The van der Waals surface area contributed by atoms with Crippen molar-refractivity contribution in [3.05, 3.63) is 60.2 Å². The Balaban J connectivity index is 1.61. The molecule has 110 valence electrons. The SMILES string of the molecule is c1ccc(C[C@@H]2COCCN(Cc3ccccn3)C2)nc1. The highest BCUT2D eigenvalue weighted by molar-refractivity contribution is 5.05. The molecule has 3 rings (SSSR count). The predicted octanol–water partition coefficient (Wildman–Crippen LogP) is 2.17. The van der Waals surface area contributed by atoms with Gasteiger partial charge in [-0.05, 0) is 30.7 Å². The lowest BCUT2D eigenvalue weighted by atomic mass is 10.0. The van der Waals surface area contributed by atoms with Crippen molar-refractivity contribution in [2.24, 2.45) is 5.92 Å². The average Bonchev–Trinajstić information content (AvgIpc) is 2.74. The van der Waals surface area contributed by atoms with Gasteiger partial charge in [-0.25, -0.2) is 0 Å². The van der Waals surface area contributed by atoms with Gasteiger partial charge >= 0.3 is 0 Å². The summed E-state index contributed by atoms with van der Waals surface area (Å²) in [5.41, 5.74) is 2.27. The summed E-state index contributed by atoms with van der Waals surface area (Å²) in [7, 11) is 0. The average molecular weight is 283 g/mol. The van der Waals surface area contributed by atoms with Crippen LogP contribution in [0, 0.1) is 5.92 Å². The monoisotopic (exact) mass is 283 g/mol. The first-order valence-electron chi connectivity index (χ1n) is 7.50. The Bertz CT molecular complexity index is 483. The zero-order chi connectivity index (χ0) is 14.3. The van der Waals surface area contributed by atoms with Crippen LogP contribution in [0.5, 0.6) is 0 Å². The Morgan fingerprint density at radius 2 is 1.81 bits per heavy atom. The molecule has 0 amide bonds. The number of nitrogens with zero attached hydrogens (tertiary/aromatic N) is 3. The maximum Gasteiger partial charge on any atom is 0.0593 e. The number of hydrogen-bond donors (Lipinski definition) is 0. The summed E-state index contributed by atoms with van der Waals surface area (Å²) in [6.45, 7) is 4.51. The highest BCUT2D eigenvalue weighted by Crippen LogP contribution is 2.14. The molecule has 2 aromatic rings. The van der Waals surface area contributed by atoms with Crippen molar-refractivity contribution < 1.29 is 4.74 Å². The highest BCUT2D eigenvalue weighted by Gasteiger charge is 2.19. The van der Waals surface area contributed by atoms with Gasteiger partial charge in [-0.1, -0.05) is 12.1 Å². The van der Waals surface area contributed by atoms with Gasteiger partial charge in [0, 0.05) is 43.6 Å². The summed E-state index contributed by atoms with van der Waals surface area (Å²) in [5.74, 6) is 0.492. The van der Waals surface area contributed by atoms with E-state index in [0.717, 1.165) is 50.7 Å². The molecule has 0 N–H and O–H groups in total. The van der Waals surface area contributed by atoms with Gasteiger partial charge in [0.05, 0.1) is 18.9 Å². The van der Waals surface area contributed by atoms with E-state index in [0.29, 0.717) is 5.92 Å². The Morgan fingerprint density at radius 3 is 2.52 bits per heavy atom. The molecule has 4 heteroatoms. The Morgan fingerprint density at radius 1 is 1.05 bits per heavy atom. The zero-order valence-electron chi connectivity index (χ0n) is 12.2. The first-order chi connectivity index (χ1) is 10.4. The third kappa shape index (κ3) is 4.34.